The number of hydrogen-bond donors (Lipinski definition) is 1. The van der Waals surface area contributed by atoms with Crippen LogP contribution in [0.2, 0.25) is 5.02 Å². The second-order valence-electron chi connectivity index (χ2n) is 4.42. The molecule has 1 heterocycles. The number of hydrogen-bond acceptors (Lipinski definition) is 5. The van der Waals surface area contributed by atoms with E-state index in [9.17, 15) is 14.0 Å². The van der Waals surface area contributed by atoms with E-state index in [-0.39, 0.29) is 10.6 Å². The van der Waals surface area contributed by atoms with Gasteiger partial charge in [0.2, 0.25) is 0 Å². The second kappa shape index (κ2) is 6.85. The number of halogens is 2. The van der Waals surface area contributed by atoms with Crippen molar-refractivity contribution in [2.45, 2.75) is 13.0 Å². The first-order chi connectivity index (χ1) is 10.4. The quantitative estimate of drug-likeness (QED) is 0.867. The molecular formula is C14H12ClFN2O3S. The van der Waals surface area contributed by atoms with E-state index in [1.54, 1.807) is 12.3 Å². The Kier molecular flexibility index (Phi) is 5.10. The monoisotopic (exact) mass is 342 g/mol. The van der Waals surface area contributed by atoms with Gasteiger partial charge >= 0.3 is 5.97 Å². The Balaban J connectivity index is 2.31. The number of methoxy groups -OCH3 is 1. The van der Waals surface area contributed by atoms with Gasteiger partial charge in [-0.3, -0.25) is 4.79 Å². The van der Waals surface area contributed by atoms with Gasteiger partial charge < -0.3 is 10.1 Å². The van der Waals surface area contributed by atoms with Crippen LogP contribution >= 0.6 is 23.1 Å². The molecule has 116 valence electrons. The Bertz CT molecular complexity index is 720. The summed E-state index contributed by atoms with van der Waals surface area (Å²) in [6.07, 6.45) is 0. The molecule has 2 rings (SSSR count). The fourth-order valence-corrected chi connectivity index (χ4v) is 2.62. The highest BCUT2D eigenvalue weighted by Gasteiger charge is 2.26. The van der Waals surface area contributed by atoms with Crippen LogP contribution in [0.15, 0.2) is 23.6 Å². The molecule has 0 spiro atoms. The Hall–Kier alpha value is -1.99. The maximum absolute atomic E-state index is 13.6. The Labute approximate surface area is 135 Å². The number of nitrogens with one attached hydrogen (secondary N) is 1. The van der Waals surface area contributed by atoms with Crippen molar-refractivity contribution in [2.75, 3.05) is 7.11 Å². The molecule has 0 saturated carbocycles. The number of amides is 1. The molecule has 1 N–H and O–H groups in total. The van der Waals surface area contributed by atoms with Crippen molar-refractivity contribution in [3.63, 3.8) is 0 Å². The third-order valence-electron chi connectivity index (χ3n) is 2.98. The number of ether oxygens (including phenoxy) is 1. The van der Waals surface area contributed by atoms with Crippen LogP contribution in [-0.2, 0) is 9.53 Å². The first-order valence-electron chi connectivity index (χ1n) is 6.18. The first kappa shape index (κ1) is 16.4. The SMILES string of the molecule is COC(=O)[C@H](NC(=O)c1csnc1C)c1ccc(Cl)c(F)c1. The largest absolute Gasteiger partial charge is 0.467 e. The molecule has 0 aliphatic rings. The van der Waals surface area contributed by atoms with Crippen LogP contribution in [0.3, 0.4) is 0 Å². The molecule has 0 bridgehead atoms. The summed E-state index contributed by atoms with van der Waals surface area (Å²) >= 11 is 6.75. The minimum atomic E-state index is -1.14. The Morgan fingerprint density at radius 1 is 1.45 bits per heavy atom. The number of aromatic nitrogens is 1. The Morgan fingerprint density at radius 2 is 2.18 bits per heavy atom. The normalized spacial score (nSPS) is 11.8. The van der Waals surface area contributed by atoms with Gasteiger partial charge in [0.05, 0.1) is 23.4 Å². The average Bonchev–Trinajstić information content (AvgIpc) is 2.93. The summed E-state index contributed by atoms with van der Waals surface area (Å²) in [5.41, 5.74) is 1.14. The van der Waals surface area contributed by atoms with Gasteiger partial charge in [-0.25, -0.2) is 9.18 Å². The van der Waals surface area contributed by atoms with Crippen molar-refractivity contribution in [3.05, 3.63) is 51.2 Å². The lowest BCUT2D eigenvalue weighted by Gasteiger charge is -2.17. The topological polar surface area (TPSA) is 68.3 Å². The van der Waals surface area contributed by atoms with Crippen molar-refractivity contribution >= 4 is 35.0 Å². The lowest BCUT2D eigenvalue weighted by atomic mass is 10.1. The summed E-state index contributed by atoms with van der Waals surface area (Å²) < 4.78 is 22.2. The van der Waals surface area contributed by atoms with Gasteiger partial charge in [0.1, 0.15) is 5.82 Å². The molecular weight excluding hydrogens is 331 g/mol. The third kappa shape index (κ3) is 3.42. The zero-order valence-electron chi connectivity index (χ0n) is 11.7. The summed E-state index contributed by atoms with van der Waals surface area (Å²) in [7, 11) is 1.19. The molecule has 8 heteroatoms. The van der Waals surface area contributed by atoms with Crippen molar-refractivity contribution < 1.29 is 18.7 Å². The van der Waals surface area contributed by atoms with Gasteiger partial charge in [0.15, 0.2) is 6.04 Å². The standard InChI is InChI=1S/C14H12ClFN2O3S/c1-7-9(6-22-18-7)13(19)17-12(14(20)21-2)8-3-4-10(15)11(16)5-8/h3-6,12H,1-2H3,(H,17,19)/t12-/m1/s1. The van der Waals surface area contributed by atoms with E-state index in [0.29, 0.717) is 11.3 Å². The molecule has 1 aromatic carbocycles. The first-order valence-corrected chi connectivity index (χ1v) is 7.40. The number of rotatable bonds is 4. The van der Waals surface area contributed by atoms with E-state index < -0.39 is 23.7 Å². The molecule has 0 radical (unpaired) electrons. The molecule has 22 heavy (non-hydrogen) atoms. The lowest BCUT2D eigenvalue weighted by molar-refractivity contribution is -0.143. The maximum atomic E-state index is 13.6. The van der Waals surface area contributed by atoms with E-state index in [1.165, 1.54) is 19.2 Å². The summed E-state index contributed by atoms with van der Waals surface area (Å²) in [6, 6.07) is 2.71. The highest BCUT2D eigenvalue weighted by atomic mass is 35.5. The zero-order valence-corrected chi connectivity index (χ0v) is 13.3. The van der Waals surface area contributed by atoms with E-state index in [0.717, 1.165) is 17.6 Å². The van der Waals surface area contributed by atoms with Gasteiger partial charge in [-0.2, -0.15) is 4.37 Å². The molecule has 0 unspecified atom stereocenters. The number of benzene rings is 1. The highest BCUT2D eigenvalue weighted by molar-refractivity contribution is 7.03. The summed E-state index contributed by atoms with van der Waals surface area (Å²) in [5, 5.41) is 4.02. The molecule has 1 atom stereocenters. The predicted octanol–water partition coefficient (Wildman–Crippen LogP) is 2.89. The average molecular weight is 343 g/mol. The van der Waals surface area contributed by atoms with Crippen LogP contribution in [0.25, 0.3) is 0 Å². The minimum absolute atomic E-state index is 0.0726. The molecule has 1 aromatic heterocycles. The molecule has 2 aromatic rings. The van der Waals surface area contributed by atoms with Crippen LogP contribution in [0.1, 0.15) is 27.7 Å². The van der Waals surface area contributed by atoms with Crippen molar-refractivity contribution in [3.8, 4) is 0 Å². The smallest absolute Gasteiger partial charge is 0.333 e. The molecule has 5 nitrogen and oxygen atoms in total. The predicted molar refractivity (Wildman–Crippen MR) is 80.5 cm³/mol. The number of nitrogens with zero attached hydrogens (tertiary/aromatic N) is 1. The Morgan fingerprint density at radius 3 is 2.73 bits per heavy atom. The van der Waals surface area contributed by atoms with Crippen LogP contribution < -0.4 is 5.32 Å². The van der Waals surface area contributed by atoms with Crippen LogP contribution in [-0.4, -0.2) is 23.4 Å². The van der Waals surface area contributed by atoms with Crippen molar-refractivity contribution in [1.29, 1.82) is 0 Å². The second-order valence-corrected chi connectivity index (χ2v) is 5.45. The fourth-order valence-electron chi connectivity index (χ4n) is 1.81. The molecule has 1 amide bonds. The summed E-state index contributed by atoms with van der Waals surface area (Å²) in [6.45, 7) is 1.68. The van der Waals surface area contributed by atoms with E-state index >= 15 is 0 Å². The zero-order chi connectivity index (χ0) is 16.3. The number of carbonyl (C=O) groups excluding carboxylic acids is 2. The molecule has 0 aliphatic carbocycles. The maximum Gasteiger partial charge on any atom is 0.333 e. The van der Waals surface area contributed by atoms with Crippen LogP contribution in [0.4, 0.5) is 4.39 Å². The minimum Gasteiger partial charge on any atom is -0.467 e. The fraction of sp³-hybridized carbons (Fsp3) is 0.214. The third-order valence-corrected chi connectivity index (χ3v) is 4.01. The number of carbonyl (C=O) groups is 2. The summed E-state index contributed by atoms with van der Waals surface area (Å²) in [5.74, 6) is -1.89. The van der Waals surface area contributed by atoms with Gasteiger partial charge in [-0.15, -0.1) is 0 Å². The molecule has 0 saturated heterocycles. The van der Waals surface area contributed by atoms with E-state index in [2.05, 4.69) is 14.4 Å². The number of aryl methyl sites for hydroxylation is 1. The highest BCUT2D eigenvalue weighted by Crippen LogP contribution is 2.22. The summed E-state index contributed by atoms with van der Waals surface area (Å²) in [4.78, 5) is 24.1. The van der Waals surface area contributed by atoms with E-state index in [1.807, 2.05) is 0 Å². The van der Waals surface area contributed by atoms with Crippen LogP contribution in [0.5, 0.6) is 0 Å². The van der Waals surface area contributed by atoms with Gasteiger partial charge in [-0.1, -0.05) is 17.7 Å². The molecule has 0 aliphatic heterocycles. The van der Waals surface area contributed by atoms with Gasteiger partial charge in [0, 0.05) is 5.38 Å². The van der Waals surface area contributed by atoms with Crippen LogP contribution in [0, 0.1) is 12.7 Å². The van der Waals surface area contributed by atoms with Crippen molar-refractivity contribution in [2.24, 2.45) is 0 Å². The van der Waals surface area contributed by atoms with E-state index in [4.69, 9.17) is 11.6 Å². The van der Waals surface area contributed by atoms with Gasteiger partial charge in [-0.05, 0) is 36.2 Å². The van der Waals surface area contributed by atoms with Crippen molar-refractivity contribution in [1.82, 2.24) is 9.69 Å². The molecule has 0 fully saturated rings. The lowest BCUT2D eigenvalue weighted by Crippen LogP contribution is -2.34. The van der Waals surface area contributed by atoms with Gasteiger partial charge in [0.25, 0.3) is 5.91 Å². The number of esters is 1.